The van der Waals surface area contributed by atoms with E-state index in [0.717, 1.165) is 0 Å². The maximum atomic E-state index is 4.46. The van der Waals surface area contributed by atoms with Crippen LogP contribution in [0.5, 0.6) is 0 Å². The fraction of sp³-hybridized carbons (Fsp3) is 0.500. The zero-order chi connectivity index (χ0) is 16.9. The summed E-state index contributed by atoms with van der Waals surface area (Å²) in [7, 11) is 0. The smallest absolute Gasteiger partial charge is 0.0151 e. The summed E-state index contributed by atoms with van der Waals surface area (Å²) in [6.45, 7) is 8.96. The van der Waals surface area contributed by atoms with E-state index in [9.17, 15) is 0 Å². The Morgan fingerprint density at radius 2 is 1.83 bits per heavy atom. The van der Waals surface area contributed by atoms with Gasteiger partial charge in [0.1, 0.15) is 0 Å². The molecule has 0 spiro atoms. The van der Waals surface area contributed by atoms with Crippen molar-refractivity contribution in [1.82, 2.24) is 0 Å². The van der Waals surface area contributed by atoms with E-state index in [0.29, 0.717) is 5.92 Å². The number of hydrogen-bond acceptors (Lipinski definition) is 0. The molecule has 0 aliphatic heterocycles. The Hall–Kier alpha value is -1.56. The van der Waals surface area contributed by atoms with Crippen LogP contribution in [0.2, 0.25) is 0 Å². The van der Waals surface area contributed by atoms with Crippen LogP contribution < -0.4 is 0 Å². The van der Waals surface area contributed by atoms with E-state index in [1.165, 1.54) is 90.8 Å². The van der Waals surface area contributed by atoms with E-state index in [4.69, 9.17) is 0 Å². The van der Waals surface area contributed by atoms with Gasteiger partial charge in [-0.1, -0.05) is 75.4 Å². The van der Waals surface area contributed by atoms with E-state index >= 15 is 0 Å². The van der Waals surface area contributed by atoms with Crippen LogP contribution in [0.1, 0.15) is 75.0 Å². The van der Waals surface area contributed by atoms with Crippen molar-refractivity contribution in [3.63, 3.8) is 0 Å². The molecule has 0 heteroatoms. The van der Waals surface area contributed by atoms with Crippen molar-refractivity contribution in [2.75, 3.05) is 0 Å². The minimum absolute atomic E-state index is 0.699. The van der Waals surface area contributed by atoms with Crippen LogP contribution >= 0.6 is 0 Å². The Balaban J connectivity index is 1.88. The summed E-state index contributed by atoms with van der Waals surface area (Å²) in [6.07, 6.45) is 11.9. The summed E-state index contributed by atoms with van der Waals surface area (Å²) in [4.78, 5) is 0. The molecule has 1 aliphatic rings. The molecular formula is C24H32. The van der Waals surface area contributed by atoms with Crippen molar-refractivity contribution in [3.8, 4) is 0 Å². The van der Waals surface area contributed by atoms with Gasteiger partial charge in [0, 0.05) is 0 Å². The van der Waals surface area contributed by atoms with Crippen LogP contribution in [0, 0.1) is 12.8 Å². The maximum absolute atomic E-state index is 4.46. The molecular weight excluding hydrogens is 288 g/mol. The fourth-order valence-electron chi connectivity index (χ4n) is 4.27. The van der Waals surface area contributed by atoms with E-state index < -0.39 is 0 Å². The predicted molar refractivity (Wildman–Crippen MR) is 108 cm³/mol. The minimum Gasteiger partial charge on any atom is -0.0950 e. The molecule has 128 valence electrons. The van der Waals surface area contributed by atoms with Gasteiger partial charge in [0.05, 0.1) is 0 Å². The third kappa shape index (κ3) is 3.91. The van der Waals surface area contributed by atoms with E-state index in [-0.39, 0.29) is 0 Å². The van der Waals surface area contributed by atoms with Crippen LogP contribution in [0.25, 0.3) is 16.3 Å². The number of unbranched alkanes of at least 4 members (excludes halogenated alkanes) is 2. The quantitative estimate of drug-likeness (QED) is 0.484. The van der Waals surface area contributed by atoms with Crippen molar-refractivity contribution in [2.45, 2.75) is 71.6 Å². The Morgan fingerprint density at radius 1 is 1.04 bits per heavy atom. The highest BCUT2D eigenvalue weighted by Crippen LogP contribution is 2.35. The predicted octanol–water partition coefficient (Wildman–Crippen LogP) is 7.47. The van der Waals surface area contributed by atoms with Gasteiger partial charge in [-0.15, -0.1) is 0 Å². The van der Waals surface area contributed by atoms with Gasteiger partial charge in [-0.2, -0.15) is 0 Å². The third-order valence-corrected chi connectivity index (χ3v) is 5.70. The molecule has 0 N–H and O–H groups in total. The van der Waals surface area contributed by atoms with Crippen LogP contribution in [-0.2, 0) is 6.42 Å². The average Bonchev–Trinajstić information content (AvgIpc) is 2.61. The maximum Gasteiger partial charge on any atom is -0.0151 e. The number of allylic oxidation sites excluding steroid dienone is 1. The first kappa shape index (κ1) is 17.3. The standard InChI is InChI=1S/C24H32/c1-4-5-7-12-22-15-18(2)16-23-17-21(13-14-24(22)23)19(3)20-10-8-6-9-11-20/h13-17,20H,3-12H2,1-2H3. The van der Waals surface area contributed by atoms with Gasteiger partial charge in [0.15, 0.2) is 0 Å². The highest BCUT2D eigenvalue weighted by molar-refractivity contribution is 5.89. The second-order valence-electron chi connectivity index (χ2n) is 7.68. The van der Waals surface area contributed by atoms with Crippen molar-refractivity contribution in [1.29, 1.82) is 0 Å². The number of hydrogen-bond donors (Lipinski definition) is 0. The van der Waals surface area contributed by atoms with Crippen LogP contribution in [-0.4, -0.2) is 0 Å². The van der Waals surface area contributed by atoms with Gasteiger partial charge in [-0.25, -0.2) is 0 Å². The molecule has 3 rings (SSSR count). The first-order chi connectivity index (χ1) is 11.7. The molecule has 0 unspecified atom stereocenters. The topological polar surface area (TPSA) is 0 Å². The Bertz CT molecular complexity index is 701. The zero-order valence-corrected chi connectivity index (χ0v) is 15.5. The Kier molecular flexibility index (Phi) is 5.76. The van der Waals surface area contributed by atoms with Gasteiger partial charge in [0.2, 0.25) is 0 Å². The number of rotatable bonds is 6. The van der Waals surface area contributed by atoms with Crippen molar-refractivity contribution >= 4 is 16.3 Å². The van der Waals surface area contributed by atoms with Gasteiger partial charge < -0.3 is 0 Å². The van der Waals surface area contributed by atoms with E-state index in [2.05, 4.69) is 50.8 Å². The molecule has 0 nitrogen and oxygen atoms in total. The zero-order valence-electron chi connectivity index (χ0n) is 15.5. The first-order valence-electron chi connectivity index (χ1n) is 9.91. The van der Waals surface area contributed by atoms with Crippen molar-refractivity contribution in [2.24, 2.45) is 5.92 Å². The number of fused-ring (bicyclic) bond motifs is 1. The molecule has 0 saturated heterocycles. The normalized spacial score (nSPS) is 15.8. The molecule has 1 fully saturated rings. The minimum atomic E-state index is 0.699. The molecule has 1 aliphatic carbocycles. The second kappa shape index (κ2) is 8.01. The van der Waals surface area contributed by atoms with Gasteiger partial charge in [-0.05, 0) is 72.1 Å². The Labute approximate surface area is 148 Å². The highest BCUT2D eigenvalue weighted by atomic mass is 14.2. The summed E-state index contributed by atoms with van der Waals surface area (Å²) < 4.78 is 0. The molecule has 0 atom stereocenters. The van der Waals surface area contributed by atoms with Gasteiger partial charge >= 0.3 is 0 Å². The molecule has 0 amide bonds. The lowest BCUT2D eigenvalue weighted by molar-refractivity contribution is 0.430. The Morgan fingerprint density at radius 3 is 2.58 bits per heavy atom. The highest BCUT2D eigenvalue weighted by Gasteiger charge is 2.18. The summed E-state index contributed by atoms with van der Waals surface area (Å²) in [5.41, 5.74) is 5.63. The molecule has 0 aromatic heterocycles. The van der Waals surface area contributed by atoms with Crippen LogP contribution in [0.4, 0.5) is 0 Å². The fourth-order valence-corrected chi connectivity index (χ4v) is 4.27. The molecule has 1 saturated carbocycles. The molecule has 0 bridgehead atoms. The summed E-state index contributed by atoms with van der Waals surface area (Å²) >= 11 is 0. The SMILES string of the molecule is C=C(c1ccc2c(CCCCC)cc(C)cc2c1)C1CCCCC1. The lowest BCUT2D eigenvalue weighted by Crippen LogP contribution is -2.07. The first-order valence-corrected chi connectivity index (χ1v) is 9.91. The number of aryl methyl sites for hydroxylation is 2. The lowest BCUT2D eigenvalue weighted by atomic mass is 9.81. The lowest BCUT2D eigenvalue weighted by Gasteiger charge is -2.24. The molecule has 2 aromatic rings. The van der Waals surface area contributed by atoms with E-state index in [1.807, 2.05) is 0 Å². The van der Waals surface area contributed by atoms with Crippen molar-refractivity contribution in [3.05, 3.63) is 53.6 Å². The summed E-state index contributed by atoms with van der Waals surface area (Å²) in [5, 5.41) is 2.84. The third-order valence-electron chi connectivity index (χ3n) is 5.70. The second-order valence-corrected chi connectivity index (χ2v) is 7.68. The van der Waals surface area contributed by atoms with Gasteiger partial charge in [0.25, 0.3) is 0 Å². The van der Waals surface area contributed by atoms with E-state index in [1.54, 1.807) is 0 Å². The average molecular weight is 321 g/mol. The molecule has 0 heterocycles. The van der Waals surface area contributed by atoms with Crippen molar-refractivity contribution < 1.29 is 0 Å². The number of benzene rings is 2. The molecule has 2 aromatic carbocycles. The largest absolute Gasteiger partial charge is 0.0950 e. The van der Waals surface area contributed by atoms with Crippen LogP contribution in [0.3, 0.4) is 0 Å². The molecule has 24 heavy (non-hydrogen) atoms. The van der Waals surface area contributed by atoms with Crippen LogP contribution in [0.15, 0.2) is 36.9 Å². The summed E-state index contributed by atoms with van der Waals surface area (Å²) in [6, 6.07) is 11.8. The summed E-state index contributed by atoms with van der Waals surface area (Å²) in [5.74, 6) is 0.699. The van der Waals surface area contributed by atoms with Gasteiger partial charge in [-0.3, -0.25) is 0 Å². The molecule has 0 radical (unpaired) electrons. The monoisotopic (exact) mass is 320 g/mol.